The van der Waals surface area contributed by atoms with E-state index in [-0.39, 0.29) is 24.8 Å². The fraction of sp³-hybridized carbons (Fsp3) is 0.105. The van der Waals surface area contributed by atoms with Crippen LogP contribution in [0.2, 0.25) is 0 Å². The monoisotopic (exact) mass is 330 g/mol. The molecule has 0 saturated heterocycles. The number of hydrogen-bond donors (Lipinski definition) is 0. The largest absolute Gasteiger partial charge is 0.508 e. The first-order chi connectivity index (χ1) is 11.6. The first kappa shape index (κ1) is 17.4. The van der Waals surface area contributed by atoms with Gasteiger partial charge < -0.3 is 9.47 Å². The fourth-order valence-corrected chi connectivity index (χ4v) is 1.79. The predicted octanol–water partition coefficient (Wildman–Crippen LogP) is 4.84. The number of rotatable bonds is 6. The lowest BCUT2D eigenvalue weighted by Gasteiger charge is -2.01. The molecule has 0 atom stereocenters. The summed E-state index contributed by atoms with van der Waals surface area (Å²) in [4.78, 5) is 11.3. The summed E-state index contributed by atoms with van der Waals surface area (Å²) in [5.41, 5.74) is 1.60. The third-order valence-corrected chi connectivity index (χ3v) is 2.96. The standard InChI is InChI=1S/C19H16F2O3/c20-17-9-5-15(6-10-17)3-1-13-23-19(22)24-14-2-4-16-7-11-18(21)12-8-16/h1-12H,13-14H2. The van der Waals surface area contributed by atoms with Crippen LogP contribution in [0.1, 0.15) is 11.1 Å². The van der Waals surface area contributed by atoms with Gasteiger partial charge in [0.05, 0.1) is 0 Å². The first-order valence-electron chi connectivity index (χ1n) is 7.27. The van der Waals surface area contributed by atoms with E-state index < -0.39 is 6.16 Å². The second-order valence-corrected chi connectivity index (χ2v) is 4.78. The summed E-state index contributed by atoms with van der Waals surface area (Å²) in [6.45, 7) is 0.107. The summed E-state index contributed by atoms with van der Waals surface area (Å²) >= 11 is 0. The molecule has 0 aliphatic heterocycles. The van der Waals surface area contributed by atoms with Crippen molar-refractivity contribution in [1.82, 2.24) is 0 Å². The van der Waals surface area contributed by atoms with E-state index in [1.165, 1.54) is 24.3 Å². The van der Waals surface area contributed by atoms with Crippen molar-refractivity contribution in [2.75, 3.05) is 13.2 Å². The third kappa shape index (κ3) is 6.44. The van der Waals surface area contributed by atoms with E-state index in [9.17, 15) is 13.6 Å². The zero-order chi connectivity index (χ0) is 17.2. The summed E-state index contributed by atoms with van der Waals surface area (Å²) in [7, 11) is 0. The van der Waals surface area contributed by atoms with E-state index >= 15 is 0 Å². The first-order valence-corrected chi connectivity index (χ1v) is 7.27. The molecule has 5 heteroatoms. The van der Waals surface area contributed by atoms with Gasteiger partial charge in [0.2, 0.25) is 0 Å². The SMILES string of the molecule is O=C(OCC=Cc1ccc(F)cc1)OCC=Cc1ccc(F)cc1. The van der Waals surface area contributed by atoms with Gasteiger partial charge in [-0.2, -0.15) is 0 Å². The van der Waals surface area contributed by atoms with E-state index in [2.05, 4.69) is 0 Å². The molecule has 124 valence electrons. The van der Waals surface area contributed by atoms with Gasteiger partial charge in [0.1, 0.15) is 24.8 Å². The maximum absolute atomic E-state index is 12.7. The summed E-state index contributed by atoms with van der Waals surface area (Å²) in [6.07, 6.45) is 5.89. The average Bonchev–Trinajstić information content (AvgIpc) is 2.59. The normalized spacial score (nSPS) is 11.1. The number of halogens is 2. The van der Waals surface area contributed by atoms with Crippen LogP contribution in [0.3, 0.4) is 0 Å². The van der Waals surface area contributed by atoms with Gasteiger partial charge in [-0.05, 0) is 47.5 Å². The third-order valence-electron chi connectivity index (χ3n) is 2.96. The summed E-state index contributed by atoms with van der Waals surface area (Å²) in [6, 6.07) is 11.9. The second-order valence-electron chi connectivity index (χ2n) is 4.78. The lowest BCUT2D eigenvalue weighted by Crippen LogP contribution is -2.07. The van der Waals surface area contributed by atoms with Gasteiger partial charge in [-0.15, -0.1) is 0 Å². The minimum atomic E-state index is -0.789. The molecule has 3 nitrogen and oxygen atoms in total. The summed E-state index contributed by atoms with van der Waals surface area (Å²) in [5.74, 6) is -0.610. The minimum Gasteiger partial charge on any atom is -0.430 e. The van der Waals surface area contributed by atoms with Crippen LogP contribution < -0.4 is 0 Å². The van der Waals surface area contributed by atoms with Crippen molar-refractivity contribution in [3.8, 4) is 0 Å². The number of hydrogen-bond acceptors (Lipinski definition) is 3. The molecule has 0 N–H and O–H groups in total. The van der Waals surface area contributed by atoms with Crippen LogP contribution >= 0.6 is 0 Å². The molecule has 0 aliphatic rings. The molecule has 2 aromatic rings. The van der Waals surface area contributed by atoms with Crippen LogP contribution in [0.15, 0.2) is 60.7 Å². The summed E-state index contributed by atoms with van der Waals surface area (Å²) < 4.78 is 35.1. The molecule has 0 aromatic heterocycles. The molecule has 0 heterocycles. The highest BCUT2D eigenvalue weighted by molar-refractivity contribution is 5.61. The van der Waals surface area contributed by atoms with Crippen molar-refractivity contribution in [3.63, 3.8) is 0 Å². The molecule has 0 amide bonds. The maximum Gasteiger partial charge on any atom is 0.508 e. The van der Waals surface area contributed by atoms with E-state index in [1.807, 2.05) is 0 Å². The zero-order valence-electron chi connectivity index (χ0n) is 12.8. The smallest absolute Gasteiger partial charge is 0.430 e. The average molecular weight is 330 g/mol. The number of carbonyl (C=O) groups is 1. The highest BCUT2D eigenvalue weighted by atomic mass is 19.1. The molecule has 2 rings (SSSR count). The molecule has 2 aromatic carbocycles. The van der Waals surface area contributed by atoms with Crippen molar-refractivity contribution < 1.29 is 23.0 Å². The zero-order valence-corrected chi connectivity index (χ0v) is 12.8. The second kappa shape index (κ2) is 9.25. The van der Waals surface area contributed by atoms with Crippen molar-refractivity contribution >= 4 is 18.3 Å². The highest BCUT2D eigenvalue weighted by Crippen LogP contribution is 2.05. The molecule has 0 radical (unpaired) electrons. The number of carbonyl (C=O) groups excluding carboxylic acids is 1. The van der Waals surface area contributed by atoms with Crippen LogP contribution in [0.25, 0.3) is 12.2 Å². The minimum absolute atomic E-state index is 0.0535. The Kier molecular flexibility index (Phi) is 6.71. The van der Waals surface area contributed by atoms with Crippen molar-refractivity contribution in [3.05, 3.63) is 83.4 Å². The molecule has 24 heavy (non-hydrogen) atoms. The van der Waals surface area contributed by atoms with Gasteiger partial charge in [-0.25, -0.2) is 13.6 Å². The van der Waals surface area contributed by atoms with Gasteiger partial charge in [-0.1, -0.05) is 36.4 Å². The van der Waals surface area contributed by atoms with Crippen LogP contribution in [-0.2, 0) is 9.47 Å². The van der Waals surface area contributed by atoms with Crippen molar-refractivity contribution in [1.29, 1.82) is 0 Å². The molecule has 0 fully saturated rings. The van der Waals surface area contributed by atoms with Gasteiger partial charge >= 0.3 is 6.16 Å². The summed E-state index contributed by atoms with van der Waals surface area (Å²) in [5, 5.41) is 0. The van der Waals surface area contributed by atoms with E-state index in [4.69, 9.17) is 9.47 Å². The van der Waals surface area contributed by atoms with Crippen molar-refractivity contribution in [2.45, 2.75) is 0 Å². The van der Waals surface area contributed by atoms with Gasteiger partial charge in [0.15, 0.2) is 0 Å². The number of ether oxygens (including phenoxy) is 2. The molecule has 0 unspecified atom stereocenters. The number of benzene rings is 2. The van der Waals surface area contributed by atoms with Crippen molar-refractivity contribution in [2.24, 2.45) is 0 Å². The van der Waals surface area contributed by atoms with E-state index in [0.29, 0.717) is 0 Å². The molecular weight excluding hydrogens is 314 g/mol. The highest BCUT2D eigenvalue weighted by Gasteiger charge is 1.99. The Labute approximate surface area is 138 Å². The van der Waals surface area contributed by atoms with Crippen LogP contribution in [0, 0.1) is 11.6 Å². The van der Waals surface area contributed by atoms with Gasteiger partial charge in [0.25, 0.3) is 0 Å². The van der Waals surface area contributed by atoms with E-state index in [0.717, 1.165) is 11.1 Å². The van der Waals surface area contributed by atoms with Gasteiger partial charge in [-0.3, -0.25) is 0 Å². The predicted molar refractivity (Wildman–Crippen MR) is 88.2 cm³/mol. The maximum atomic E-state index is 12.7. The Hall–Kier alpha value is -2.95. The molecular formula is C19H16F2O3. The Morgan fingerprint density at radius 2 is 1.12 bits per heavy atom. The fourth-order valence-electron chi connectivity index (χ4n) is 1.79. The van der Waals surface area contributed by atoms with Crippen LogP contribution in [-0.4, -0.2) is 19.4 Å². The molecule has 0 aliphatic carbocycles. The lowest BCUT2D eigenvalue weighted by atomic mass is 10.2. The quantitative estimate of drug-likeness (QED) is 0.711. The Bertz CT molecular complexity index is 643. The molecule has 0 saturated carbocycles. The van der Waals surface area contributed by atoms with Crippen LogP contribution in [0.4, 0.5) is 13.6 Å². The lowest BCUT2D eigenvalue weighted by molar-refractivity contribution is 0.0720. The Morgan fingerprint density at radius 1 is 0.750 bits per heavy atom. The molecule has 0 spiro atoms. The van der Waals surface area contributed by atoms with E-state index in [1.54, 1.807) is 48.6 Å². The Morgan fingerprint density at radius 3 is 1.50 bits per heavy atom. The van der Waals surface area contributed by atoms with Crippen LogP contribution in [0.5, 0.6) is 0 Å². The van der Waals surface area contributed by atoms with Gasteiger partial charge in [0, 0.05) is 0 Å². The topological polar surface area (TPSA) is 35.5 Å². The Balaban J connectivity index is 1.64. The molecule has 0 bridgehead atoms.